The van der Waals surface area contributed by atoms with Crippen LogP contribution in [0.25, 0.3) is 0 Å². The van der Waals surface area contributed by atoms with Gasteiger partial charge < -0.3 is 14.2 Å². The monoisotopic (exact) mass is 638 g/mol. The Labute approximate surface area is 274 Å². The van der Waals surface area contributed by atoms with Gasteiger partial charge in [-0.3, -0.25) is 0 Å². The maximum atomic E-state index is 7.32. The Kier molecular flexibility index (Phi) is 8.39. The molecule has 0 aliphatic carbocycles. The number of fused-ring (bicyclic) bond motifs is 2. The van der Waals surface area contributed by atoms with Crippen molar-refractivity contribution in [1.29, 1.82) is 0 Å². The zero-order chi connectivity index (χ0) is 31.7. The van der Waals surface area contributed by atoms with Gasteiger partial charge in [0.05, 0.1) is 14.2 Å². The van der Waals surface area contributed by atoms with Gasteiger partial charge in [0.2, 0.25) is 0 Å². The smallest absolute Gasteiger partial charge is 0.139 e. The van der Waals surface area contributed by atoms with E-state index in [2.05, 4.69) is 147 Å². The molecule has 6 aromatic rings. The lowest BCUT2D eigenvalue weighted by atomic mass is 9.76. The summed E-state index contributed by atoms with van der Waals surface area (Å²) in [5.74, 6) is 3.65. The molecule has 2 atom stereocenters. The Morgan fingerprint density at radius 1 is 0.435 bits per heavy atom. The van der Waals surface area contributed by atoms with Crippen LogP contribution in [-0.4, -0.2) is 14.2 Å². The van der Waals surface area contributed by atoms with Gasteiger partial charge in [0.15, 0.2) is 0 Å². The first kappa shape index (κ1) is 30.2. The summed E-state index contributed by atoms with van der Waals surface area (Å²) in [5, 5.41) is 7.19. The molecule has 0 unspecified atom stereocenters. The Morgan fingerprint density at radius 3 is 1.22 bits per heavy atom. The Bertz CT molecular complexity index is 1850. The highest BCUT2D eigenvalue weighted by Gasteiger charge is 2.39. The van der Waals surface area contributed by atoms with Crippen LogP contribution < -0.4 is 46.0 Å². The zero-order valence-corrected chi connectivity index (χ0v) is 28.3. The van der Waals surface area contributed by atoms with E-state index in [1.54, 1.807) is 14.2 Å². The van der Waals surface area contributed by atoms with E-state index in [9.17, 15) is 0 Å². The SMILES string of the molecule is COc1ccccc1[P@@](c1ccccc1)c1cccc2c1Oc1c([P@@](c3ccccc3)c3ccccc3OC)cccc1C2(C)C. The summed E-state index contributed by atoms with van der Waals surface area (Å²) in [6.07, 6.45) is 0. The van der Waals surface area contributed by atoms with Gasteiger partial charge >= 0.3 is 0 Å². The summed E-state index contributed by atoms with van der Waals surface area (Å²) >= 11 is 0. The van der Waals surface area contributed by atoms with Crippen LogP contribution in [0.15, 0.2) is 146 Å². The third-order valence-electron chi connectivity index (χ3n) is 8.70. The summed E-state index contributed by atoms with van der Waals surface area (Å²) in [6, 6.07) is 51.6. The molecule has 0 amide bonds. The number of para-hydroxylation sites is 4. The van der Waals surface area contributed by atoms with Crippen LogP contribution in [0, 0.1) is 0 Å². The largest absolute Gasteiger partial charge is 0.496 e. The number of benzene rings is 6. The van der Waals surface area contributed by atoms with Crippen molar-refractivity contribution in [3.8, 4) is 23.0 Å². The zero-order valence-electron chi connectivity index (χ0n) is 26.5. The van der Waals surface area contributed by atoms with Gasteiger partial charge in [-0.2, -0.15) is 0 Å². The number of hydrogen-bond acceptors (Lipinski definition) is 3. The van der Waals surface area contributed by atoms with Gasteiger partial charge in [-0.05, 0) is 38.6 Å². The lowest BCUT2D eigenvalue weighted by Gasteiger charge is -2.38. The quantitative estimate of drug-likeness (QED) is 0.160. The second kappa shape index (κ2) is 12.8. The molecule has 0 bridgehead atoms. The van der Waals surface area contributed by atoms with Crippen LogP contribution >= 0.6 is 15.8 Å². The molecule has 228 valence electrons. The molecule has 0 spiro atoms. The number of hydrogen-bond donors (Lipinski definition) is 0. The highest BCUT2D eigenvalue weighted by molar-refractivity contribution is 7.80. The second-order valence-corrected chi connectivity index (χ2v) is 16.0. The fourth-order valence-corrected chi connectivity index (χ4v) is 11.5. The summed E-state index contributed by atoms with van der Waals surface area (Å²) in [7, 11) is 1.50. The van der Waals surface area contributed by atoms with Crippen LogP contribution in [0.4, 0.5) is 0 Å². The minimum atomic E-state index is -1.00. The van der Waals surface area contributed by atoms with Crippen molar-refractivity contribution in [2.24, 2.45) is 0 Å². The van der Waals surface area contributed by atoms with Crippen molar-refractivity contribution in [3.05, 3.63) is 157 Å². The second-order valence-electron chi connectivity index (χ2n) is 11.7. The molecule has 6 aromatic carbocycles. The molecule has 7 rings (SSSR count). The van der Waals surface area contributed by atoms with Crippen molar-refractivity contribution < 1.29 is 14.2 Å². The molecular formula is C41H36O3P2. The predicted octanol–water partition coefficient (Wildman–Crippen LogP) is 7.65. The number of rotatable bonds is 8. The molecule has 0 aromatic heterocycles. The topological polar surface area (TPSA) is 27.7 Å². The van der Waals surface area contributed by atoms with Crippen LogP contribution in [-0.2, 0) is 5.41 Å². The van der Waals surface area contributed by atoms with Crippen molar-refractivity contribution in [1.82, 2.24) is 0 Å². The summed E-state index contributed by atoms with van der Waals surface area (Å²) in [6.45, 7) is 4.64. The van der Waals surface area contributed by atoms with Gasteiger partial charge in [0.1, 0.15) is 23.0 Å². The van der Waals surface area contributed by atoms with Crippen molar-refractivity contribution in [3.63, 3.8) is 0 Å². The fourth-order valence-electron chi connectivity index (χ4n) is 6.45. The van der Waals surface area contributed by atoms with E-state index >= 15 is 0 Å². The van der Waals surface area contributed by atoms with Crippen LogP contribution in [0.3, 0.4) is 0 Å². The Morgan fingerprint density at radius 2 is 0.804 bits per heavy atom. The van der Waals surface area contributed by atoms with E-state index < -0.39 is 15.8 Å². The molecule has 1 aliphatic heterocycles. The van der Waals surface area contributed by atoms with Gasteiger partial charge in [-0.1, -0.05) is 147 Å². The molecule has 0 saturated carbocycles. The third-order valence-corrected chi connectivity index (χ3v) is 13.7. The first-order valence-corrected chi connectivity index (χ1v) is 18.1. The highest BCUT2D eigenvalue weighted by Crippen LogP contribution is 2.52. The lowest BCUT2D eigenvalue weighted by Crippen LogP contribution is -2.33. The minimum Gasteiger partial charge on any atom is -0.496 e. The van der Waals surface area contributed by atoms with E-state index in [4.69, 9.17) is 14.2 Å². The lowest BCUT2D eigenvalue weighted by molar-refractivity contribution is 0.418. The van der Waals surface area contributed by atoms with E-state index in [0.29, 0.717) is 0 Å². The Balaban J connectivity index is 1.47. The first-order chi connectivity index (χ1) is 22.5. The molecule has 0 radical (unpaired) electrons. The van der Waals surface area contributed by atoms with Gasteiger partial charge in [-0.15, -0.1) is 0 Å². The van der Waals surface area contributed by atoms with E-state index in [-0.39, 0.29) is 5.41 Å². The normalized spacial score (nSPS) is 14.3. The van der Waals surface area contributed by atoms with Gasteiger partial charge in [0, 0.05) is 37.8 Å². The molecular weight excluding hydrogens is 602 g/mol. The average molecular weight is 639 g/mol. The van der Waals surface area contributed by atoms with Crippen molar-refractivity contribution in [2.75, 3.05) is 14.2 Å². The standard InChI is InChI=1S/C41H36O3P2/c1-41(2)31-21-15-27-37(45(29-17-7-5-8-18-29)35-25-13-11-23-33(35)42-3)39(31)44-40-32(41)22-16-28-38(40)46(30-19-9-6-10-20-30)36-26-14-12-24-34(36)43-4/h5-28H,1-4H3/t45-,46+. The van der Waals surface area contributed by atoms with E-state index in [1.807, 2.05) is 12.1 Å². The number of ether oxygens (including phenoxy) is 3. The van der Waals surface area contributed by atoms with Crippen LogP contribution in [0.2, 0.25) is 0 Å². The molecule has 0 saturated heterocycles. The molecule has 1 aliphatic rings. The molecule has 3 nitrogen and oxygen atoms in total. The molecule has 46 heavy (non-hydrogen) atoms. The molecule has 1 heterocycles. The Hall–Kier alpha value is -4.42. The summed E-state index contributed by atoms with van der Waals surface area (Å²) in [5.41, 5.74) is 2.08. The average Bonchev–Trinajstić information content (AvgIpc) is 3.10. The van der Waals surface area contributed by atoms with Gasteiger partial charge in [0.25, 0.3) is 0 Å². The van der Waals surface area contributed by atoms with Crippen LogP contribution in [0.5, 0.6) is 23.0 Å². The van der Waals surface area contributed by atoms with Crippen LogP contribution in [0.1, 0.15) is 25.0 Å². The molecule has 5 heteroatoms. The first-order valence-electron chi connectivity index (χ1n) is 15.4. The highest BCUT2D eigenvalue weighted by atomic mass is 31.1. The maximum absolute atomic E-state index is 7.32. The van der Waals surface area contributed by atoms with Crippen molar-refractivity contribution in [2.45, 2.75) is 19.3 Å². The molecule has 0 N–H and O–H groups in total. The molecule has 0 fully saturated rings. The number of methoxy groups -OCH3 is 2. The minimum absolute atomic E-state index is 0.300. The van der Waals surface area contributed by atoms with Gasteiger partial charge in [-0.25, -0.2) is 0 Å². The fraction of sp³-hybridized carbons (Fsp3) is 0.122. The maximum Gasteiger partial charge on any atom is 0.139 e. The van der Waals surface area contributed by atoms with Crippen molar-refractivity contribution >= 4 is 47.7 Å². The summed E-state index contributed by atoms with van der Waals surface area (Å²) < 4.78 is 19.2. The summed E-state index contributed by atoms with van der Waals surface area (Å²) in [4.78, 5) is 0. The van der Waals surface area contributed by atoms with E-state index in [0.717, 1.165) is 23.0 Å². The van der Waals surface area contributed by atoms with E-state index in [1.165, 1.54) is 43.0 Å². The third kappa shape index (κ3) is 5.28. The predicted molar refractivity (Wildman–Crippen MR) is 196 cm³/mol.